The molecule has 1 atom stereocenters. The largest absolute Gasteiger partial charge is 0.371 e. The van der Waals surface area contributed by atoms with E-state index in [1.54, 1.807) is 23.1 Å². The van der Waals surface area contributed by atoms with Crippen LogP contribution in [0.5, 0.6) is 0 Å². The molecular formula is C21H21ClFN3O4S. The molecule has 1 fully saturated rings. The molecule has 10 heteroatoms. The molecule has 0 saturated carbocycles. The van der Waals surface area contributed by atoms with Crippen LogP contribution < -0.4 is 10.6 Å². The highest BCUT2D eigenvalue weighted by Gasteiger charge is 2.32. The molecule has 7 nitrogen and oxygen atoms in total. The van der Waals surface area contributed by atoms with Gasteiger partial charge in [-0.1, -0.05) is 17.7 Å². The number of halogens is 2. The normalized spacial score (nSPS) is 18.3. The van der Waals surface area contributed by atoms with E-state index in [1.165, 1.54) is 12.1 Å². The number of likely N-dealkylation sites (tertiary alicyclic amines) is 1. The van der Waals surface area contributed by atoms with Crippen LogP contribution in [0.1, 0.15) is 28.8 Å². The fraction of sp³-hybridized carbons (Fsp3) is 0.333. The number of carbonyl (C=O) groups is 2. The van der Waals surface area contributed by atoms with Crippen molar-refractivity contribution in [3.63, 3.8) is 0 Å². The molecular weight excluding hydrogens is 445 g/mol. The van der Waals surface area contributed by atoms with Gasteiger partial charge in [0.05, 0.1) is 22.9 Å². The number of hydrogen-bond acceptors (Lipinski definition) is 5. The van der Waals surface area contributed by atoms with Crippen molar-refractivity contribution in [1.82, 2.24) is 4.90 Å². The second kappa shape index (κ2) is 8.47. The molecule has 2 amide bonds. The van der Waals surface area contributed by atoms with Crippen molar-refractivity contribution in [3.8, 4) is 0 Å². The number of benzene rings is 2. The van der Waals surface area contributed by atoms with Crippen molar-refractivity contribution in [2.45, 2.75) is 24.6 Å². The lowest BCUT2D eigenvalue weighted by molar-refractivity contribution is -0.116. The molecule has 1 saturated heterocycles. The fourth-order valence-electron chi connectivity index (χ4n) is 3.80. The molecule has 0 radical (unpaired) electrons. The van der Waals surface area contributed by atoms with Crippen LogP contribution in [-0.4, -0.2) is 50.0 Å². The molecule has 0 aliphatic carbocycles. The van der Waals surface area contributed by atoms with E-state index in [0.717, 1.165) is 18.9 Å². The fourth-order valence-corrected chi connectivity index (χ4v) is 5.71. The van der Waals surface area contributed by atoms with Gasteiger partial charge in [-0.05, 0) is 43.2 Å². The van der Waals surface area contributed by atoms with Crippen LogP contribution in [-0.2, 0) is 20.4 Å². The summed E-state index contributed by atoms with van der Waals surface area (Å²) in [5, 5.41) is 5.60. The van der Waals surface area contributed by atoms with Crippen molar-refractivity contribution in [1.29, 1.82) is 0 Å². The minimum absolute atomic E-state index is 0.0187. The number of carbonyl (C=O) groups excluding carboxylic acids is 2. The lowest BCUT2D eigenvalue weighted by atomic mass is 10.1. The Kier molecular flexibility index (Phi) is 5.90. The summed E-state index contributed by atoms with van der Waals surface area (Å²) in [5.74, 6) is -2.49. The number of sulfone groups is 1. The molecule has 0 bridgehead atoms. The van der Waals surface area contributed by atoms with Gasteiger partial charge in [-0.3, -0.25) is 9.59 Å². The number of nitrogens with zero attached hydrogens (tertiary/aromatic N) is 1. The highest BCUT2D eigenvalue weighted by atomic mass is 35.5. The molecule has 0 aromatic heterocycles. The van der Waals surface area contributed by atoms with Gasteiger partial charge < -0.3 is 15.5 Å². The summed E-state index contributed by atoms with van der Waals surface area (Å²) in [4.78, 5) is 26.9. The van der Waals surface area contributed by atoms with Crippen LogP contribution >= 0.6 is 11.6 Å². The first-order valence-electron chi connectivity index (χ1n) is 9.87. The van der Waals surface area contributed by atoms with E-state index in [1.807, 2.05) is 0 Å². The summed E-state index contributed by atoms with van der Waals surface area (Å²) >= 11 is 5.93. The van der Waals surface area contributed by atoms with E-state index >= 15 is 0 Å². The molecule has 2 aromatic carbocycles. The number of anilines is 2. The van der Waals surface area contributed by atoms with Gasteiger partial charge in [0.25, 0.3) is 5.91 Å². The van der Waals surface area contributed by atoms with E-state index in [0.29, 0.717) is 30.0 Å². The Bertz CT molecular complexity index is 1130. The lowest BCUT2D eigenvalue weighted by Crippen LogP contribution is -2.43. The third-order valence-corrected chi connectivity index (χ3v) is 7.33. The molecule has 2 aromatic rings. The third kappa shape index (κ3) is 4.67. The van der Waals surface area contributed by atoms with Crippen LogP contribution in [0.2, 0.25) is 5.02 Å². The Morgan fingerprint density at radius 1 is 1.16 bits per heavy atom. The molecule has 2 N–H and O–H groups in total. The number of amides is 2. The minimum atomic E-state index is -3.86. The number of fused-ring (bicyclic) bond motifs is 1. The molecule has 2 heterocycles. The Balaban J connectivity index is 1.49. The minimum Gasteiger partial charge on any atom is -0.371 e. The average Bonchev–Trinajstić information content (AvgIpc) is 3.25. The van der Waals surface area contributed by atoms with E-state index in [9.17, 15) is 22.4 Å². The number of rotatable bonds is 5. The molecule has 31 heavy (non-hydrogen) atoms. The van der Waals surface area contributed by atoms with Gasteiger partial charge in [0, 0.05) is 29.2 Å². The smallest absolute Gasteiger partial charge is 0.253 e. The average molecular weight is 466 g/mol. The lowest BCUT2D eigenvalue weighted by Gasteiger charge is -2.27. The second-order valence-electron chi connectivity index (χ2n) is 7.70. The summed E-state index contributed by atoms with van der Waals surface area (Å²) in [7, 11) is -3.86. The summed E-state index contributed by atoms with van der Waals surface area (Å²) < 4.78 is 39.2. The Labute approximate surface area is 184 Å². The zero-order valence-electron chi connectivity index (χ0n) is 16.5. The SMILES string of the molecule is O=C1Nc2cc(C(=O)N3CCCC3)ccc2NC1CS(=O)(=O)Cc1c(F)cccc1Cl. The van der Waals surface area contributed by atoms with Crippen molar-refractivity contribution >= 4 is 44.6 Å². The van der Waals surface area contributed by atoms with Crippen LogP contribution in [0.3, 0.4) is 0 Å². The molecule has 2 aliphatic heterocycles. The zero-order valence-corrected chi connectivity index (χ0v) is 18.1. The highest BCUT2D eigenvalue weighted by Crippen LogP contribution is 2.30. The maximum Gasteiger partial charge on any atom is 0.253 e. The monoisotopic (exact) mass is 465 g/mol. The van der Waals surface area contributed by atoms with Gasteiger partial charge >= 0.3 is 0 Å². The van der Waals surface area contributed by atoms with Crippen LogP contribution in [0, 0.1) is 5.82 Å². The first-order valence-corrected chi connectivity index (χ1v) is 12.1. The van der Waals surface area contributed by atoms with Crippen molar-refractivity contribution in [3.05, 3.63) is 58.4 Å². The first kappa shape index (κ1) is 21.6. The van der Waals surface area contributed by atoms with E-state index in [2.05, 4.69) is 10.6 Å². The number of hydrogen-bond donors (Lipinski definition) is 2. The van der Waals surface area contributed by atoms with Gasteiger partial charge in [-0.25, -0.2) is 12.8 Å². The van der Waals surface area contributed by atoms with Crippen LogP contribution in [0.25, 0.3) is 0 Å². The Hall–Kier alpha value is -2.65. The van der Waals surface area contributed by atoms with Crippen LogP contribution in [0.4, 0.5) is 15.8 Å². The maximum atomic E-state index is 14.0. The third-order valence-electron chi connectivity index (χ3n) is 5.41. The van der Waals surface area contributed by atoms with Gasteiger partial charge in [0.15, 0.2) is 9.84 Å². The molecule has 2 aliphatic rings. The zero-order chi connectivity index (χ0) is 22.2. The molecule has 4 rings (SSSR count). The van der Waals surface area contributed by atoms with Gasteiger partial charge in [0.1, 0.15) is 11.9 Å². The molecule has 0 spiro atoms. The van der Waals surface area contributed by atoms with Crippen molar-refractivity contribution in [2.24, 2.45) is 0 Å². The highest BCUT2D eigenvalue weighted by molar-refractivity contribution is 7.90. The quantitative estimate of drug-likeness (QED) is 0.707. The predicted molar refractivity (Wildman–Crippen MR) is 117 cm³/mol. The van der Waals surface area contributed by atoms with E-state index < -0.39 is 39.1 Å². The summed E-state index contributed by atoms with van der Waals surface area (Å²) in [6.07, 6.45) is 1.95. The van der Waals surface area contributed by atoms with Crippen molar-refractivity contribution < 1.29 is 22.4 Å². The molecule has 1 unspecified atom stereocenters. The predicted octanol–water partition coefficient (Wildman–Crippen LogP) is 3.06. The summed E-state index contributed by atoms with van der Waals surface area (Å²) in [6.45, 7) is 1.43. The summed E-state index contributed by atoms with van der Waals surface area (Å²) in [6, 6.07) is 7.77. The summed E-state index contributed by atoms with van der Waals surface area (Å²) in [5.41, 5.74) is 1.27. The van der Waals surface area contributed by atoms with E-state index in [4.69, 9.17) is 11.6 Å². The second-order valence-corrected chi connectivity index (χ2v) is 10.2. The van der Waals surface area contributed by atoms with Gasteiger partial charge in [-0.15, -0.1) is 0 Å². The molecule has 164 valence electrons. The Morgan fingerprint density at radius 2 is 1.90 bits per heavy atom. The van der Waals surface area contributed by atoms with Gasteiger partial charge in [-0.2, -0.15) is 0 Å². The maximum absolute atomic E-state index is 14.0. The van der Waals surface area contributed by atoms with E-state index in [-0.39, 0.29) is 16.5 Å². The van der Waals surface area contributed by atoms with Crippen LogP contribution in [0.15, 0.2) is 36.4 Å². The van der Waals surface area contributed by atoms with Gasteiger partial charge in [0.2, 0.25) is 5.91 Å². The first-order chi connectivity index (χ1) is 14.7. The standard InChI is InChI=1S/C21H21ClFN3O4S/c22-15-4-3-5-16(23)14(15)11-31(29,30)12-19-20(27)25-18-10-13(6-7-17(18)24-19)21(28)26-8-1-2-9-26/h3-7,10,19,24H,1-2,8-9,11-12H2,(H,25,27). The Morgan fingerprint density at radius 3 is 2.61 bits per heavy atom. The number of nitrogens with one attached hydrogen (secondary N) is 2. The van der Waals surface area contributed by atoms with Crippen molar-refractivity contribution in [2.75, 3.05) is 29.5 Å². The topological polar surface area (TPSA) is 95.6 Å².